The number of hydrogen-bond acceptors (Lipinski definition) is 4. The molecule has 0 saturated carbocycles. The van der Waals surface area contributed by atoms with E-state index in [1.807, 2.05) is 26.0 Å². The van der Waals surface area contributed by atoms with E-state index in [2.05, 4.69) is 5.32 Å². The number of nitrogens with one attached hydrogen (secondary N) is 1. The van der Waals surface area contributed by atoms with Crippen LogP contribution in [-0.4, -0.2) is 26.5 Å². The van der Waals surface area contributed by atoms with Gasteiger partial charge in [-0.3, -0.25) is 9.10 Å². The highest BCUT2D eigenvalue weighted by atomic mass is 32.2. The van der Waals surface area contributed by atoms with Crippen LogP contribution in [0.5, 0.6) is 5.75 Å². The molecule has 6 nitrogen and oxygen atoms in total. The summed E-state index contributed by atoms with van der Waals surface area (Å²) in [6.45, 7) is 5.46. The quantitative estimate of drug-likeness (QED) is 0.685. The van der Waals surface area contributed by atoms with Crippen molar-refractivity contribution in [3.05, 3.63) is 60.7 Å². The Balaban J connectivity index is 1.61. The monoisotopic (exact) mass is 410 g/mol. The maximum atomic E-state index is 13.1. The van der Waals surface area contributed by atoms with Gasteiger partial charge in [0, 0.05) is 11.1 Å². The molecule has 150 valence electrons. The van der Waals surface area contributed by atoms with Crippen molar-refractivity contribution in [3.63, 3.8) is 0 Å². The van der Waals surface area contributed by atoms with Crippen molar-refractivity contribution in [2.24, 2.45) is 0 Å². The van der Waals surface area contributed by atoms with Crippen LogP contribution < -0.4 is 14.4 Å². The Labute approximate surface area is 170 Å². The van der Waals surface area contributed by atoms with Crippen LogP contribution in [-0.2, 0) is 14.8 Å². The van der Waals surface area contributed by atoms with E-state index in [9.17, 15) is 13.2 Å². The molecule has 0 bridgehead atoms. The first-order chi connectivity index (χ1) is 13.8. The molecule has 3 aromatic rings. The first-order valence-electron chi connectivity index (χ1n) is 9.43. The van der Waals surface area contributed by atoms with E-state index < -0.39 is 22.0 Å². The zero-order valence-electron chi connectivity index (χ0n) is 16.4. The van der Waals surface area contributed by atoms with Crippen LogP contribution in [0.15, 0.2) is 65.6 Å². The summed E-state index contributed by atoms with van der Waals surface area (Å²) in [6, 6.07) is 16.7. The molecular formula is C22H22N2O4S. The standard InChI is InChI=1S/C22H22N2O4S/c1-14(2)28-18-12-10-17(11-13-18)23-22(25)15(3)24-19-8-4-6-16-7-5-9-20(21(16)19)29(24,26)27/h4-15H,1-3H3,(H,23,25)/t15-/m0/s1. The summed E-state index contributed by atoms with van der Waals surface area (Å²) < 4.78 is 33.1. The fourth-order valence-electron chi connectivity index (χ4n) is 3.58. The molecule has 3 aromatic carbocycles. The second-order valence-electron chi connectivity index (χ2n) is 7.29. The number of sulfonamides is 1. The highest BCUT2D eigenvalue weighted by molar-refractivity contribution is 7.93. The lowest BCUT2D eigenvalue weighted by atomic mass is 10.1. The summed E-state index contributed by atoms with van der Waals surface area (Å²) in [7, 11) is -3.80. The van der Waals surface area contributed by atoms with Gasteiger partial charge < -0.3 is 10.1 Å². The van der Waals surface area contributed by atoms with E-state index in [0.29, 0.717) is 22.5 Å². The number of nitrogens with zero attached hydrogens (tertiary/aromatic N) is 1. The minimum absolute atomic E-state index is 0.0557. The van der Waals surface area contributed by atoms with Crippen LogP contribution in [0.4, 0.5) is 11.4 Å². The van der Waals surface area contributed by atoms with Crippen molar-refractivity contribution in [3.8, 4) is 5.75 Å². The van der Waals surface area contributed by atoms with Crippen LogP contribution >= 0.6 is 0 Å². The summed E-state index contributed by atoms with van der Waals surface area (Å²) in [5.74, 6) is 0.297. The van der Waals surface area contributed by atoms with Gasteiger partial charge in [-0.15, -0.1) is 0 Å². The van der Waals surface area contributed by atoms with Gasteiger partial charge in [-0.2, -0.15) is 0 Å². The summed E-state index contributed by atoms with van der Waals surface area (Å²) in [5.41, 5.74) is 1.10. The van der Waals surface area contributed by atoms with E-state index in [1.54, 1.807) is 55.5 Å². The lowest BCUT2D eigenvalue weighted by Gasteiger charge is -2.25. The molecular weight excluding hydrogens is 388 g/mol. The van der Waals surface area contributed by atoms with Gasteiger partial charge in [-0.05, 0) is 62.6 Å². The minimum Gasteiger partial charge on any atom is -0.491 e. The van der Waals surface area contributed by atoms with Crippen LogP contribution in [0.25, 0.3) is 10.8 Å². The Morgan fingerprint density at radius 1 is 0.966 bits per heavy atom. The lowest BCUT2D eigenvalue weighted by Crippen LogP contribution is -2.43. The van der Waals surface area contributed by atoms with Crippen molar-refractivity contribution in [2.75, 3.05) is 9.62 Å². The Morgan fingerprint density at radius 2 is 1.62 bits per heavy atom. The molecule has 1 N–H and O–H groups in total. The second kappa shape index (κ2) is 7.08. The van der Waals surface area contributed by atoms with Gasteiger partial charge >= 0.3 is 0 Å². The fraction of sp³-hybridized carbons (Fsp3) is 0.227. The predicted molar refractivity (Wildman–Crippen MR) is 114 cm³/mol. The average Bonchev–Trinajstić information content (AvgIpc) is 2.91. The van der Waals surface area contributed by atoms with Crippen molar-refractivity contribution < 1.29 is 17.9 Å². The van der Waals surface area contributed by atoms with E-state index >= 15 is 0 Å². The lowest BCUT2D eigenvalue weighted by molar-refractivity contribution is -0.116. The average molecular weight is 410 g/mol. The third-order valence-electron chi connectivity index (χ3n) is 4.84. The third-order valence-corrected chi connectivity index (χ3v) is 6.77. The Bertz CT molecular complexity index is 1180. The topological polar surface area (TPSA) is 75.7 Å². The number of hydrogen-bond donors (Lipinski definition) is 1. The smallest absolute Gasteiger partial charge is 0.265 e. The molecule has 1 atom stereocenters. The molecule has 1 amide bonds. The molecule has 4 rings (SSSR count). The van der Waals surface area contributed by atoms with Gasteiger partial charge in [0.2, 0.25) is 5.91 Å². The Hall–Kier alpha value is -3.06. The highest BCUT2D eigenvalue weighted by Crippen LogP contribution is 2.43. The van der Waals surface area contributed by atoms with Gasteiger partial charge in [-0.25, -0.2) is 8.42 Å². The van der Waals surface area contributed by atoms with Gasteiger partial charge in [0.15, 0.2) is 0 Å². The number of amides is 1. The maximum Gasteiger partial charge on any atom is 0.265 e. The van der Waals surface area contributed by atoms with Gasteiger partial charge in [0.25, 0.3) is 10.0 Å². The van der Waals surface area contributed by atoms with Crippen molar-refractivity contribution >= 4 is 38.1 Å². The molecule has 0 fully saturated rings. The summed E-state index contributed by atoms with van der Waals surface area (Å²) in [5, 5.41) is 4.29. The van der Waals surface area contributed by atoms with Crippen molar-refractivity contribution in [1.82, 2.24) is 0 Å². The van der Waals surface area contributed by atoms with Crippen LogP contribution in [0.1, 0.15) is 20.8 Å². The van der Waals surface area contributed by atoms with Gasteiger partial charge in [0.05, 0.1) is 16.7 Å². The van der Waals surface area contributed by atoms with Crippen molar-refractivity contribution in [2.45, 2.75) is 37.8 Å². The molecule has 7 heteroatoms. The summed E-state index contributed by atoms with van der Waals surface area (Å²) in [4.78, 5) is 13.1. The van der Waals surface area contributed by atoms with E-state index in [4.69, 9.17) is 4.74 Å². The third kappa shape index (κ3) is 3.31. The van der Waals surface area contributed by atoms with Gasteiger partial charge in [0.1, 0.15) is 11.8 Å². The molecule has 0 aliphatic carbocycles. The van der Waals surface area contributed by atoms with Crippen LogP contribution in [0.3, 0.4) is 0 Å². The highest BCUT2D eigenvalue weighted by Gasteiger charge is 2.40. The van der Waals surface area contributed by atoms with Crippen LogP contribution in [0.2, 0.25) is 0 Å². The maximum absolute atomic E-state index is 13.1. The zero-order chi connectivity index (χ0) is 20.8. The molecule has 0 saturated heterocycles. The number of carbonyl (C=O) groups excluding carboxylic acids is 1. The summed E-state index contributed by atoms with van der Waals surface area (Å²) >= 11 is 0. The van der Waals surface area contributed by atoms with Gasteiger partial charge in [-0.1, -0.05) is 24.3 Å². The molecule has 1 aliphatic rings. The molecule has 29 heavy (non-hydrogen) atoms. The van der Waals surface area contributed by atoms with E-state index in [1.165, 1.54) is 4.31 Å². The SMILES string of the molecule is CC(C)Oc1ccc(NC(=O)[C@H](C)N2c3cccc4cccc(c34)S2(=O)=O)cc1. The first kappa shape index (κ1) is 19.3. The number of ether oxygens (including phenoxy) is 1. The largest absolute Gasteiger partial charge is 0.491 e. The Kier molecular flexibility index (Phi) is 4.70. The Morgan fingerprint density at radius 3 is 2.28 bits per heavy atom. The molecule has 0 aromatic heterocycles. The molecule has 0 spiro atoms. The second-order valence-corrected chi connectivity index (χ2v) is 9.07. The van der Waals surface area contributed by atoms with Crippen molar-refractivity contribution in [1.29, 1.82) is 0 Å². The zero-order valence-corrected chi connectivity index (χ0v) is 17.2. The minimum atomic E-state index is -3.80. The normalized spacial score (nSPS) is 15.5. The molecule has 0 radical (unpaired) electrons. The van der Waals surface area contributed by atoms with Crippen LogP contribution in [0, 0.1) is 0 Å². The molecule has 1 aliphatic heterocycles. The molecule has 1 heterocycles. The number of carbonyl (C=O) groups is 1. The number of rotatable bonds is 5. The number of benzene rings is 3. The fourth-order valence-corrected chi connectivity index (χ4v) is 5.45. The first-order valence-corrected chi connectivity index (χ1v) is 10.9. The summed E-state index contributed by atoms with van der Waals surface area (Å²) in [6.07, 6.45) is 0.0557. The van der Waals surface area contributed by atoms with E-state index in [-0.39, 0.29) is 11.0 Å². The number of anilines is 2. The predicted octanol–water partition coefficient (Wildman–Crippen LogP) is 4.16. The molecule has 0 unspecified atom stereocenters. The van der Waals surface area contributed by atoms with E-state index in [0.717, 1.165) is 5.39 Å².